The number of amides is 1. The molecule has 0 bridgehead atoms. The molecule has 18 heavy (non-hydrogen) atoms. The minimum atomic E-state index is -0.121. The van der Waals surface area contributed by atoms with Crippen LogP contribution in [0.5, 0.6) is 0 Å². The van der Waals surface area contributed by atoms with E-state index in [0.717, 1.165) is 30.8 Å². The third-order valence-electron chi connectivity index (χ3n) is 3.28. The highest BCUT2D eigenvalue weighted by Crippen LogP contribution is 2.14. The van der Waals surface area contributed by atoms with Crippen molar-refractivity contribution in [3.05, 3.63) is 23.8 Å². The van der Waals surface area contributed by atoms with E-state index in [9.17, 15) is 9.59 Å². The largest absolute Gasteiger partial charge is 0.342 e. The molecule has 0 aromatic rings. The van der Waals surface area contributed by atoms with Crippen molar-refractivity contribution in [1.29, 1.82) is 0 Å². The molecule has 1 aliphatic carbocycles. The highest BCUT2D eigenvalue weighted by Gasteiger charge is 2.21. The van der Waals surface area contributed by atoms with Gasteiger partial charge in [0.15, 0.2) is 5.78 Å². The fourth-order valence-electron chi connectivity index (χ4n) is 2.25. The number of piperidine rings is 1. The maximum atomic E-state index is 12.0. The Balaban J connectivity index is 1.92. The number of carbonyl (C=O) groups excluding carboxylic acids is 2. The molecule has 1 saturated heterocycles. The molecule has 1 fully saturated rings. The van der Waals surface area contributed by atoms with E-state index in [1.807, 2.05) is 6.08 Å². The number of Topliss-reactive ketones (excluding diaryl/α,β-unsaturated/α-hetero) is 1. The van der Waals surface area contributed by atoms with Gasteiger partial charge in [-0.3, -0.25) is 9.59 Å². The Bertz CT molecular complexity index is 431. The quantitative estimate of drug-likeness (QED) is 0.579. The van der Waals surface area contributed by atoms with Crippen LogP contribution >= 0.6 is 12.2 Å². The number of hydrogen-bond donors (Lipinski definition) is 0. The molecule has 0 radical (unpaired) electrons. The molecule has 1 aliphatic heterocycles. The number of nitrogens with zero attached hydrogens (tertiary/aromatic N) is 1. The number of likely N-dealkylation sites (tertiary alicyclic amines) is 1. The summed E-state index contributed by atoms with van der Waals surface area (Å²) in [4.78, 5) is 26.5. The molecule has 1 heterocycles. The first-order chi connectivity index (χ1) is 8.66. The van der Waals surface area contributed by atoms with Crippen molar-refractivity contribution in [1.82, 2.24) is 4.90 Å². The van der Waals surface area contributed by atoms with E-state index in [2.05, 4.69) is 0 Å². The zero-order valence-electron chi connectivity index (χ0n) is 10.4. The molecule has 1 amide bonds. The van der Waals surface area contributed by atoms with Gasteiger partial charge < -0.3 is 4.90 Å². The Kier molecular flexibility index (Phi) is 4.42. The first kappa shape index (κ1) is 13.1. The van der Waals surface area contributed by atoms with Crippen molar-refractivity contribution in [2.24, 2.45) is 0 Å². The Morgan fingerprint density at radius 2 is 1.94 bits per heavy atom. The molecule has 96 valence electrons. The van der Waals surface area contributed by atoms with Gasteiger partial charge in [-0.15, -0.1) is 0 Å². The van der Waals surface area contributed by atoms with Crippen molar-refractivity contribution in [3.63, 3.8) is 0 Å². The van der Waals surface area contributed by atoms with E-state index in [-0.39, 0.29) is 18.1 Å². The standard InChI is InChI=1S/C14H17NO2S/c16-13(11-5-4-6-12(18)9-11)10-14(17)15-7-2-1-3-8-15/h4-5,9H,1-3,6-8,10H2. The lowest BCUT2D eigenvalue weighted by atomic mass is 10.0. The van der Waals surface area contributed by atoms with Crippen molar-refractivity contribution in [2.75, 3.05) is 13.1 Å². The molecular weight excluding hydrogens is 246 g/mol. The van der Waals surface area contributed by atoms with Gasteiger partial charge in [0, 0.05) is 29.9 Å². The lowest BCUT2D eigenvalue weighted by molar-refractivity contribution is -0.135. The van der Waals surface area contributed by atoms with Crippen LogP contribution in [0.3, 0.4) is 0 Å². The molecule has 2 aliphatic rings. The molecule has 0 spiro atoms. The van der Waals surface area contributed by atoms with Crippen molar-refractivity contribution in [2.45, 2.75) is 32.1 Å². The molecule has 0 saturated carbocycles. The Morgan fingerprint density at radius 1 is 1.22 bits per heavy atom. The van der Waals surface area contributed by atoms with Crippen molar-refractivity contribution in [3.8, 4) is 0 Å². The SMILES string of the molecule is O=C(CC(=O)N1CCCCC1)C1=CC(=S)CC=C1. The summed E-state index contributed by atoms with van der Waals surface area (Å²) >= 11 is 5.07. The summed E-state index contributed by atoms with van der Waals surface area (Å²) in [6.07, 6.45) is 9.31. The van der Waals surface area contributed by atoms with E-state index in [1.54, 1.807) is 17.1 Å². The summed E-state index contributed by atoms with van der Waals surface area (Å²) < 4.78 is 0. The third kappa shape index (κ3) is 3.35. The topological polar surface area (TPSA) is 37.4 Å². The van der Waals surface area contributed by atoms with Crippen LogP contribution in [0.4, 0.5) is 0 Å². The number of thiocarbonyl (C=S) groups is 1. The summed E-state index contributed by atoms with van der Waals surface area (Å²) in [5, 5.41) is 0. The van der Waals surface area contributed by atoms with Gasteiger partial charge in [-0.25, -0.2) is 0 Å². The van der Waals surface area contributed by atoms with Crippen LogP contribution in [0.15, 0.2) is 23.8 Å². The lowest BCUT2D eigenvalue weighted by Gasteiger charge is -2.26. The Morgan fingerprint density at radius 3 is 2.61 bits per heavy atom. The Hall–Kier alpha value is -1.29. The van der Waals surface area contributed by atoms with Crippen LogP contribution in [0, 0.1) is 0 Å². The predicted molar refractivity (Wildman–Crippen MR) is 74.5 cm³/mol. The lowest BCUT2D eigenvalue weighted by Crippen LogP contribution is -2.36. The normalized spacial score (nSPS) is 19.7. The molecule has 0 atom stereocenters. The molecule has 0 N–H and O–H groups in total. The number of allylic oxidation sites excluding steroid dienone is 4. The summed E-state index contributed by atoms with van der Waals surface area (Å²) in [6.45, 7) is 1.58. The van der Waals surface area contributed by atoms with Crippen molar-refractivity contribution >= 4 is 28.8 Å². The van der Waals surface area contributed by atoms with Crippen LogP contribution in [-0.2, 0) is 9.59 Å². The minimum absolute atomic E-state index is 0.0290. The second-order valence-electron chi connectivity index (χ2n) is 4.71. The number of rotatable bonds is 3. The second kappa shape index (κ2) is 6.05. The Labute approximate surface area is 113 Å². The number of hydrogen-bond acceptors (Lipinski definition) is 3. The van der Waals surface area contributed by atoms with E-state index >= 15 is 0 Å². The zero-order valence-corrected chi connectivity index (χ0v) is 11.2. The fourth-order valence-corrected chi connectivity index (χ4v) is 2.47. The zero-order chi connectivity index (χ0) is 13.0. The highest BCUT2D eigenvalue weighted by atomic mass is 32.1. The molecule has 0 aromatic carbocycles. The summed E-state index contributed by atoms with van der Waals surface area (Å²) in [5.74, 6) is -0.172. The first-order valence-electron chi connectivity index (χ1n) is 6.39. The monoisotopic (exact) mass is 263 g/mol. The summed E-state index contributed by atoms with van der Waals surface area (Å²) in [6, 6.07) is 0. The van der Waals surface area contributed by atoms with Gasteiger partial charge in [0.2, 0.25) is 5.91 Å². The van der Waals surface area contributed by atoms with Gasteiger partial charge >= 0.3 is 0 Å². The van der Waals surface area contributed by atoms with Gasteiger partial charge in [0.1, 0.15) is 0 Å². The van der Waals surface area contributed by atoms with Crippen LogP contribution in [0.1, 0.15) is 32.1 Å². The predicted octanol–water partition coefficient (Wildman–Crippen LogP) is 2.21. The maximum Gasteiger partial charge on any atom is 0.230 e. The molecule has 3 nitrogen and oxygen atoms in total. The van der Waals surface area contributed by atoms with Gasteiger partial charge in [0.05, 0.1) is 6.42 Å². The second-order valence-corrected chi connectivity index (χ2v) is 5.24. The highest BCUT2D eigenvalue weighted by molar-refractivity contribution is 7.80. The van der Waals surface area contributed by atoms with Crippen LogP contribution in [0.2, 0.25) is 0 Å². The average molecular weight is 263 g/mol. The van der Waals surface area contributed by atoms with Crippen LogP contribution < -0.4 is 0 Å². The maximum absolute atomic E-state index is 12.0. The summed E-state index contributed by atoms with van der Waals surface area (Å²) in [7, 11) is 0. The molecule has 0 aromatic heterocycles. The third-order valence-corrected chi connectivity index (χ3v) is 3.56. The number of carbonyl (C=O) groups is 2. The smallest absolute Gasteiger partial charge is 0.230 e. The molecule has 4 heteroatoms. The first-order valence-corrected chi connectivity index (χ1v) is 6.79. The molecule has 2 rings (SSSR count). The minimum Gasteiger partial charge on any atom is -0.342 e. The summed E-state index contributed by atoms with van der Waals surface area (Å²) in [5.41, 5.74) is 0.566. The number of ketones is 1. The molecule has 0 unspecified atom stereocenters. The van der Waals surface area contributed by atoms with E-state index in [4.69, 9.17) is 12.2 Å². The van der Waals surface area contributed by atoms with E-state index < -0.39 is 0 Å². The van der Waals surface area contributed by atoms with Crippen LogP contribution in [0.25, 0.3) is 0 Å². The molecular formula is C14H17NO2S. The van der Waals surface area contributed by atoms with Crippen molar-refractivity contribution < 1.29 is 9.59 Å². The van der Waals surface area contributed by atoms with E-state index in [0.29, 0.717) is 12.0 Å². The van der Waals surface area contributed by atoms with Gasteiger partial charge in [-0.2, -0.15) is 0 Å². The van der Waals surface area contributed by atoms with Gasteiger partial charge in [-0.05, 0) is 25.3 Å². The fraction of sp³-hybridized carbons (Fsp3) is 0.500. The van der Waals surface area contributed by atoms with Gasteiger partial charge in [-0.1, -0.05) is 24.4 Å². The van der Waals surface area contributed by atoms with E-state index in [1.165, 1.54) is 6.42 Å². The average Bonchev–Trinajstić information content (AvgIpc) is 2.39. The van der Waals surface area contributed by atoms with Crippen LogP contribution in [-0.4, -0.2) is 34.5 Å². The van der Waals surface area contributed by atoms with Gasteiger partial charge in [0.25, 0.3) is 0 Å².